The van der Waals surface area contributed by atoms with Crippen LogP contribution in [0.2, 0.25) is 0 Å². The Morgan fingerprint density at radius 2 is 1.95 bits per heavy atom. The Hall–Kier alpha value is -1.63. The minimum absolute atomic E-state index is 0.182. The summed E-state index contributed by atoms with van der Waals surface area (Å²) in [7, 11) is 0. The molecule has 0 spiro atoms. The zero-order chi connectivity index (χ0) is 14.6. The summed E-state index contributed by atoms with van der Waals surface area (Å²) in [5, 5.41) is 2.77. The molecule has 1 nitrogen and oxygen atoms in total. The first-order valence-electron chi connectivity index (χ1n) is 8.12. The molecule has 0 aromatic heterocycles. The second kappa shape index (κ2) is 4.43. The summed E-state index contributed by atoms with van der Waals surface area (Å²) < 4.78 is 0. The molecule has 1 saturated carbocycles. The molecule has 2 aliphatic rings. The van der Waals surface area contributed by atoms with Crippen LogP contribution >= 0.6 is 0 Å². The summed E-state index contributed by atoms with van der Waals surface area (Å²) in [5.74, 6) is 1.23. The fourth-order valence-corrected chi connectivity index (χ4v) is 5.12. The van der Waals surface area contributed by atoms with E-state index in [4.69, 9.17) is 0 Å². The van der Waals surface area contributed by atoms with Gasteiger partial charge in [0.25, 0.3) is 0 Å². The number of carbonyl (C=O) groups excluding carboxylic acids is 1. The second-order valence-corrected chi connectivity index (χ2v) is 7.15. The number of ketones is 1. The smallest absolute Gasteiger partial charge is 0.133 e. The fraction of sp³-hybridized carbons (Fsp3) is 0.450. The number of carbonyl (C=O) groups is 1. The molecule has 2 aromatic carbocycles. The van der Waals surface area contributed by atoms with Crippen LogP contribution in [-0.2, 0) is 11.2 Å². The maximum Gasteiger partial charge on any atom is 0.133 e. The molecule has 0 radical (unpaired) electrons. The quantitative estimate of drug-likeness (QED) is 0.727. The second-order valence-electron chi connectivity index (χ2n) is 7.15. The van der Waals surface area contributed by atoms with Crippen LogP contribution in [0.25, 0.3) is 10.8 Å². The van der Waals surface area contributed by atoms with Crippen molar-refractivity contribution < 1.29 is 4.79 Å². The van der Waals surface area contributed by atoms with Crippen LogP contribution in [0.15, 0.2) is 36.4 Å². The summed E-state index contributed by atoms with van der Waals surface area (Å²) in [5.41, 5.74) is 3.24. The molecule has 3 atom stereocenters. The van der Waals surface area contributed by atoms with E-state index in [-0.39, 0.29) is 11.3 Å². The fourth-order valence-electron chi connectivity index (χ4n) is 5.12. The molecule has 2 aliphatic carbocycles. The number of Topliss-reactive ketones (excluding diaryl/α,β-unsaturated/α-hetero) is 1. The Balaban J connectivity index is 1.88. The van der Waals surface area contributed by atoms with Crippen LogP contribution in [0.5, 0.6) is 0 Å². The van der Waals surface area contributed by atoms with Crippen LogP contribution in [0.1, 0.15) is 50.2 Å². The lowest BCUT2D eigenvalue weighted by Gasteiger charge is -2.41. The van der Waals surface area contributed by atoms with Crippen molar-refractivity contribution in [3.8, 4) is 0 Å². The van der Waals surface area contributed by atoms with E-state index in [1.807, 2.05) is 0 Å². The van der Waals surface area contributed by atoms with Crippen molar-refractivity contribution in [1.29, 1.82) is 0 Å². The maximum absolute atomic E-state index is 12.0. The van der Waals surface area contributed by atoms with Crippen LogP contribution in [0, 0.1) is 11.3 Å². The summed E-state index contributed by atoms with van der Waals surface area (Å²) >= 11 is 0. The summed E-state index contributed by atoms with van der Waals surface area (Å²) in [6.07, 6.45) is 4.52. The van der Waals surface area contributed by atoms with E-state index in [0.717, 1.165) is 19.3 Å². The Morgan fingerprint density at radius 3 is 2.76 bits per heavy atom. The van der Waals surface area contributed by atoms with Gasteiger partial charge in [0.05, 0.1) is 0 Å². The van der Waals surface area contributed by atoms with Crippen molar-refractivity contribution in [2.45, 2.75) is 45.4 Å². The zero-order valence-corrected chi connectivity index (χ0v) is 12.9. The largest absolute Gasteiger partial charge is 0.300 e. The highest BCUT2D eigenvalue weighted by atomic mass is 16.1. The number of aryl methyl sites for hydroxylation is 1. The van der Waals surface area contributed by atoms with Gasteiger partial charge in [0, 0.05) is 5.92 Å². The number of hydrogen-bond acceptors (Lipinski definition) is 1. The molecular weight excluding hydrogens is 256 g/mol. The van der Waals surface area contributed by atoms with E-state index in [1.165, 1.54) is 22.8 Å². The van der Waals surface area contributed by atoms with Gasteiger partial charge in [-0.1, -0.05) is 43.3 Å². The lowest BCUT2D eigenvalue weighted by atomic mass is 9.62. The molecule has 0 aliphatic heterocycles. The van der Waals surface area contributed by atoms with Crippen molar-refractivity contribution in [3.05, 3.63) is 47.5 Å². The van der Waals surface area contributed by atoms with E-state index in [2.05, 4.69) is 43.3 Å². The molecular formula is C20H22O. The van der Waals surface area contributed by atoms with Gasteiger partial charge >= 0.3 is 0 Å². The Morgan fingerprint density at radius 1 is 1.14 bits per heavy atom. The van der Waals surface area contributed by atoms with Gasteiger partial charge in [0.15, 0.2) is 0 Å². The lowest BCUT2D eigenvalue weighted by molar-refractivity contribution is -0.124. The Bertz CT molecular complexity index is 730. The molecule has 1 fully saturated rings. The first-order chi connectivity index (χ1) is 10.1. The van der Waals surface area contributed by atoms with Crippen molar-refractivity contribution in [1.82, 2.24) is 0 Å². The SMILES string of the molecule is CC(=O)[C@H]1CC[C@H]2c3ccc4ccccc4c3CC[C@]12C. The van der Waals surface area contributed by atoms with Crippen molar-refractivity contribution in [3.63, 3.8) is 0 Å². The highest BCUT2D eigenvalue weighted by Gasteiger charge is 2.51. The normalized spacial score (nSPS) is 31.0. The van der Waals surface area contributed by atoms with Crippen molar-refractivity contribution in [2.24, 2.45) is 11.3 Å². The minimum atomic E-state index is 0.182. The van der Waals surface area contributed by atoms with Gasteiger partial charge in [-0.2, -0.15) is 0 Å². The van der Waals surface area contributed by atoms with Gasteiger partial charge in [0.1, 0.15) is 5.78 Å². The predicted octanol–water partition coefficient (Wildman–Crippen LogP) is 4.87. The van der Waals surface area contributed by atoms with Crippen molar-refractivity contribution >= 4 is 16.6 Å². The highest BCUT2D eigenvalue weighted by Crippen LogP contribution is 2.59. The first kappa shape index (κ1) is 13.1. The average molecular weight is 278 g/mol. The molecule has 0 saturated heterocycles. The first-order valence-corrected chi connectivity index (χ1v) is 8.12. The summed E-state index contributed by atoms with van der Waals surface area (Å²) in [6.45, 7) is 4.14. The van der Waals surface area contributed by atoms with Crippen LogP contribution in [-0.4, -0.2) is 5.78 Å². The van der Waals surface area contributed by atoms with E-state index in [9.17, 15) is 4.79 Å². The van der Waals surface area contributed by atoms with E-state index in [0.29, 0.717) is 11.7 Å². The third kappa shape index (κ3) is 1.73. The number of fused-ring (bicyclic) bond motifs is 5. The minimum Gasteiger partial charge on any atom is -0.300 e. The molecule has 0 heterocycles. The molecule has 0 unspecified atom stereocenters. The number of hydrogen-bond donors (Lipinski definition) is 0. The number of benzene rings is 2. The van der Waals surface area contributed by atoms with Gasteiger partial charge in [-0.3, -0.25) is 4.79 Å². The van der Waals surface area contributed by atoms with Gasteiger partial charge in [0.2, 0.25) is 0 Å². The van der Waals surface area contributed by atoms with Crippen LogP contribution < -0.4 is 0 Å². The standard InChI is InChI=1S/C20H22O/c1-13(21)18-9-10-19-17-8-7-14-5-3-4-6-15(14)16(17)11-12-20(18,19)2/h3-8,18-19H,9-12H2,1-2H3/t18-,19+,20-/m1/s1. The van der Waals surface area contributed by atoms with Crippen LogP contribution in [0.3, 0.4) is 0 Å². The predicted molar refractivity (Wildman–Crippen MR) is 86.5 cm³/mol. The van der Waals surface area contributed by atoms with Gasteiger partial charge in [-0.25, -0.2) is 0 Å². The lowest BCUT2D eigenvalue weighted by Crippen LogP contribution is -2.35. The van der Waals surface area contributed by atoms with Gasteiger partial charge in [-0.15, -0.1) is 0 Å². The molecule has 21 heavy (non-hydrogen) atoms. The van der Waals surface area contributed by atoms with Gasteiger partial charge < -0.3 is 0 Å². The van der Waals surface area contributed by atoms with Gasteiger partial charge in [-0.05, 0) is 65.8 Å². The van der Waals surface area contributed by atoms with E-state index >= 15 is 0 Å². The molecule has 0 bridgehead atoms. The summed E-state index contributed by atoms with van der Waals surface area (Å²) in [4.78, 5) is 12.0. The Kier molecular flexibility index (Phi) is 2.76. The monoisotopic (exact) mass is 278 g/mol. The molecule has 0 N–H and O–H groups in total. The zero-order valence-electron chi connectivity index (χ0n) is 12.9. The van der Waals surface area contributed by atoms with Crippen molar-refractivity contribution in [2.75, 3.05) is 0 Å². The maximum atomic E-state index is 12.0. The molecule has 108 valence electrons. The molecule has 1 heteroatoms. The highest BCUT2D eigenvalue weighted by molar-refractivity contribution is 5.87. The van der Waals surface area contributed by atoms with Crippen LogP contribution in [0.4, 0.5) is 0 Å². The third-order valence-electron chi connectivity index (χ3n) is 6.19. The van der Waals surface area contributed by atoms with E-state index in [1.54, 1.807) is 12.5 Å². The average Bonchev–Trinajstić information content (AvgIpc) is 2.84. The van der Waals surface area contributed by atoms with E-state index < -0.39 is 0 Å². The third-order valence-corrected chi connectivity index (χ3v) is 6.19. The summed E-state index contributed by atoms with van der Waals surface area (Å²) in [6, 6.07) is 13.3. The Labute approximate surface area is 126 Å². The number of rotatable bonds is 1. The molecule has 0 amide bonds. The molecule has 4 rings (SSSR count). The molecule has 2 aromatic rings. The topological polar surface area (TPSA) is 17.1 Å².